The van der Waals surface area contributed by atoms with Crippen molar-refractivity contribution in [3.63, 3.8) is 0 Å². The molecule has 1 rings (SSSR count). The summed E-state index contributed by atoms with van der Waals surface area (Å²) < 4.78 is 0. The van der Waals surface area contributed by atoms with Gasteiger partial charge in [-0.3, -0.25) is 0 Å². The maximum Gasteiger partial charge on any atom is 0.0772 e. The van der Waals surface area contributed by atoms with Crippen LogP contribution in [0.3, 0.4) is 0 Å². The number of unbranched alkanes of at least 4 members (excludes halogenated alkanes) is 2. The van der Waals surface area contributed by atoms with Crippen molar-refractivity contribution in [3.05, 3.63) is 21.9 Å². The van der Waals surface area contributed by atoms with Gasteiger partial charge in [0.05, 0.1) is 11.4 Å². The smallest absolute Gasteiger partial charge is 0.0772 e. The Balaban J connectivity index is 2.24. The first-order valence-electron chi connectivity index (χ1n) is 5.72. The van der Waals surface area contributed by atoms with Crippen LogP contribution in [0.15, 0.2) is 12.1 Å². The Bertz CT molecular complexity index is 346. The SMILES string of the molecule is CCCCCSCc1ccc(C#CCN)s1. The highest BCUT2D eigenvalue weighted by atomic mass is 32.2. The lowest BCUT2D eigenvalue weighted by molar-refractivity contribution is 0.778. The quantitative estimate of drug-likeness (QED) is 0.620. The van der Waals surface area contributed by atoms with E-state index in [0.717, 1.165) is 10.6 Å². The molecule has 0 bridgehead atoms. The minimum Gasteiger partial charge on any atom is -0.320 e. The molecule has 2 N–H and O–H groups in total. The van der Waals surface area contributed by atoms with Crippen LogP contribution in [0.25, 0.3) is 0 Å². The van der Waals surface area contributed by atoms with Crippen LogP contribution in [-0.2, 0) is 5.75 Å². The molecule has 0 amide bonds. The summed E-state index contributed by atoms with van der Waals surface area (Å²) in [6.07, 6.45) is 4.00. The molecule has 0 aliphatic heterocycles. The fraction of sp³-hybridized carbons (Fsp3) is 0.538. The predicted molar refractivity (Wildman–Crippen MR) is 75.9 cm³/mol. The lowest BCUT2D eigenvalue weighted by Crippen LogP contribution is -1.92. The summed E-state index contributed by atoms with van der Waals surface area (Å²) >= 11 is 3.81. The molecule has 1 heterocycles. The average Bonchev–Trinajstić information content (AvgIpc) is 2.74. The van der Waals surface area contributed by atoms with Crippen LogP contribution in [0, 0.1) is 11.8 Å². The molecule has 0 unspecified atom stereocenters. The first-order valence-corrected chi connectivity index (χ1v) is 7.69. The van der Waals surface area contributed by atoms with Crippen molar-refractivity contribution in [1.29, 1.82) is 0 Å². The Labute approximate surface area is 107 Å². The monoisotopic (exact) mass is 253 g/mol. The number of thiophene rings is 1. The normalized spacial score (nSPS) is 9.88. The van der Waals surface area contributed by atoms with Gasteiger partial charge in [-0.05, 0) is 24.3 Å². The first kappa shape index (κ1) is 13.6. The summed E-state index contributed by atoms with van der Waals surface area (Å²) in [7, 11) is 0. The molecule has 0 radical (unpaired) electrons. The maximum absolute atomic E-state index is 5.34. The van der Waals surface area contributed by atoms with Gasteiger partial charge in [0.25, 0.3) is 0 Å². The zero-order valence-electron chi connectivity index (χ0n) is 9.79. The molecule has 0 spiro atoms. The van der Waals surface area contributed by atoms with Crippen molar-refractivity contribution in [2.24, 2.45) is 5.73 Å². The van der Waals surface area contributed by atoms with Crippen LogP contribution < -0.4 is 5.73 Å². The Kier molecular flexibility index (Phi) is 7.41. The van der Waals surface area contributed by atoms with Gasteiger partial charge in [0.1, 0.15) is 0 Å². The molecule has 3 heteroatoms. The van der Waals surface area contributed by atoms with Crippen LogP contribution in [0.1, 0.15) is 35.9 Å². The fourth-order valence-electron chi connectivity index (χ4n) is 1.29. The Morgan fingerprint density at radius 3 is 3.00 bits per heavy atom. The standard InChI is InChI=1S/C13H19NS2/c1-2-3-4-10-15-11-13-8-7-12(16-13)6-5-9-14/h7-8H,2-4,9-11,14H2,1H3. The topological polar surface area (TPSA) is 26.0 Å². The highest BCUT2D eigenvalue weighted by Gasteiger charge is 1.98. The van der Waals surface area contributed by atoms with Gasteiger partial charge in [-0.15, -0.1) is 11.3 Å². The van der Waals surface area contributed by atoms with E-state index in [1.165, 1.54) is 29.9 Å². The van der Waals surface area contributed by atoms with Gasteiger partial charge in [0, 0.05) is 10.6 Å². The Morgan fingerprint density at radius 2 is 2.25 bits per heavy atom. The van der Waals surface area contributed by atoms with Crippen LogP contribution in [0.4, 0.5) is 0 Å². The van der Waals surface area contributed by atoms with E-state index in [1.807, 2.05) is 11.8 Å². The lowest BCUT2D eigenvalue weighted by atomic mass is 10.3. The minimum absolute atomic E-state index is 0.443. The molecule has 0 saturated carbocycles. The molecule has 1 aromatic heterocycles. The molecule has 0 atom stereocenters. The maximum atomic E-state index is 5.34. The third-order valence-electron chi connectivity index (χ3n) is 2.11. The molecule has 1 aromatic rings. The second kappa shape index (κ2) is 8.69. The lowest BCUT2D eigenvalue weighted by Gasteiger charge is -1.97. The van der Waals surface area contributed by atoms with Gasteiger partial charge in [-0.25, -0.2) is 0 Å². The summed E-state index contributed by atoms with van der Waals surface area (Å²) in [5, 5.41) is 0. The molecular weight excluding hydrogens is 234 g/mol. The van der Waals surface area contributed by atoms with E-state index in [2.05, 4.69) is 30.9 Å². The highest BCUT2D eigenvalue weighted by molar-refractivity contribution is 7.98. The number of hydrogen-bond acceptors (Lipinski definition) is 3. The van der Waals surface area contributed by atoms with E-state index in [-0.39, 0.29) is 0 Å². The van der Waals surface area contributed by atoms with Crippen molar-refractivity contribution >= 4 is 23.1 Å². The van der Waals surface area contributed by atoms with Gasteiger partial charge in [0.2, 0.25) is 0 Å². The molecule has 0 aliphatic carbocycles. The molecule has 0 aliphatic rings. The minimum atomic E-state index is 0.443. The summed E-state index contributed by atoms with van der Waals surface area (Å²) in [4.78, 5) is 2.55. The van der Waals surface area contributed by atoms with Crippen LogP contribution >= 0.6 is 23.1 Å². The molecule has 0 fully saturated rings. The first-order chi connectivity index (χ1) is 7.86. The fourth-order valence-corrected chi connectivity index (χ4v) is 3.30. The number of hydrogen-bond donors (Lipinski definition) is 1. The number of rotatable bonds is 6. The zero-order valence-corrected chi connectivity index (χ0v) is 11.4. The molecule has 0 saturated heterocycles. The number of thioether (sulfide) groups is 1. The van der Waals surface area contributed by atoms with E-state index in [1.54, 1.807) is 11.3 Å². The van der Waals surface area contributed by atoms with Crippen molar-refractivity contribution in [3.8, 4) is 11.8 Å². The largest absolute Gasteiger partial charge is 0.320 e. The molecule has 0 aromatic carbocycles. The molecule has 16 heavy (non-hydrogen) atoms. The van der Waals surface area contributed by atoms with Gasteiger partial charge < -0.3 is 5.73 Å². The number of nitrogens with two attached hydrogens (primary N) is 1. The second-order valence-electron chi connectivity index (χ2n) is 3.53. The summed E-state index contributed by atoms with van der Waals surface area (Å²) in [6, 6.07) is 4.27. The van der Waals surface area contributed by atoms with Gasteiger partial charge >= 0.3 is 0 Å². The summed E-state index contributed by atoms with van der Waals surface area (Å²) in [6.45, 7) is 2.69. The second-order valence-corrected chi connectivity index (χ2v) is 5.81. The van der Waals surface area contributed by atoms with E-state index in [4.69, 9.17) is 5.73 Å². The molecule has 88 valence electrons. The molecule has 1 nitrogen and oxygen atoms in total. The van der Waals surface area contributed by atoms with Crippen molar-refractivity contribution < 1.29 is 0 Å². The van der Waals surface area contributed by atoms with Crippen molar-refractivity contribution in [1.82, 2.24) is 0 Å². The highest BCUT2D eigenvalue weighted by Crippen LogP contribution is 2.21. The Hall–Kier alpha value is -0.430. The zero-order chi connectivity index (χ0) is 11.6. The summed E-state index contributed by atoms with van der Waals surface area (Å²) in [5.41, 5.74) is 5.34. The van der Waals surface area contributed by atoms with Gasteiger partial charge in [-0.2, -0.15) is 11.8 Å². The van der Waals surface area contributed by atoms with E-state index in [0.29, 0.717) is 6.54 Å². The molecular formula is C13H19NS2. The van der Waals surface area contributed by atoms with E-state index in [9.17, 15) is 0 Å². The van der Waals surface area contributed by atoms with Crippen LogP contribution in [0.2, 0.25) is 0 Å². The van der Waals surface area contributed by atoms with Crippen LogP contribution in [-0.4, -0.2) is 12.3 Å². The van der Waals surface area contributed by atoms with E-state index < -0.39 is 0 Å². The average molecular weight is 253 g/mol. The van der Waals surface area contributed by atoms with Crippen molar-refractivity contribution in [2.45, 2.75) is 31.9 Å². The van der Waals surface area contributed by atoms with Crippen molar-refractivity contribution in [2.75, 3.05) is 12.3 Å². The van der Waals surface area contributed by atoms with E-state index >= 15 is 0 Å². The summed E-state index contributed by atoms with van der Waals surface area (Å²) in [5.74, 6) is 8.35. The van der Waals surface area contributed by atoms with Gasteiger partial charge in [0.15, 0.2) is 0 Å². The third kappa shape index (κ3) is 5.60. The van der Waals surface area contributed by atoms with Gasteiger partial charge in [-0.1, -0.05) is 31.6 Å². The Morgan fingerprint density at radius 1 is 1.38 bits per heavy atom. The van der Waals surface area contributed by atoms with Crippen LogP contribution in [0.5, 0.6) is 0 Å². The third-order valence-corrected chi connectivity index (χ3v) is 4.39. The predicted octanol–water partition coefficient (Wildman–Crippen LogP) is 3.48.